The summed E-state index contributed by atoms with van der Waals surface area (Å²) in [6, 6.07) is 1.55. The highest BCUT2D eigenvalue weighted by Crippen LogP contribution is 2.15. The maximum absolute atomic E-state index is 10.7. The van der Waals surface area contributed by atoms with Crippen LogP contribution in [0, 0.1) is 0 Å². The largest absolute Gasteiger partial charge is 0.489 e. The van der Waals surface area contributed by atoms with Crippen molar-refractivity contribution in [1.82, 2.24) is 4.98 Å². The van der Waals surface area contributed by atoms with Gasteiger partial charge in [-0.25, -0.2) is 4.79 Å². The summed E-state index contributed by atoms with van der Waals surface area (Å²) in [6.45, 7) is 1.95. The summed E-state index contributed by atoms with van der Waals surface area (Å²) < 4.78 is 10.2. The van der Waals surface area contributed by atoms with Crippen molar-refractivity contribution in [3.8, 4) is 5.75 Å². The van der Waals surface area contributed by atoms with Gasteiger partial charge >= 0.3 is 5.97 Å². The normalized spacial score (nSPS) is 12.1. The average molecular weight is 246 g/mol. The minimum absolute atomic E-state index is 0.0782. The zero-order valence-electron chi connectivity index (χ0n) is 8.72. The molecule has 0 aliphatic heterocycles. The van der Waals surface area contributed by atoms with Gasteiger partial charge in [0.25, 0.3) is 0 Å². The van der Waals surface area contributed by atoms with Gasteiger partial charge < -0.3 is 14.6 Å². The molecule has 1 rings (SSSR count). The van der Waals surface area contributed by atoms with Gasteiger partial charge in [-0.1, -0.05) is 11.6 Å². The molecule has 1 atom stereocenters. The number of aromatic nitrogens is 1. The van der Waals surface area contributed by atoms with Crippen molar-refractivity contribution in [2.24, 2.45) is 0 Å². The van der Waals surface area contributed by atoms with Crippen LogP contribution in [-0.2, 0) is 9.53 Å². The van der Waals surface area contributed by atoms with E-state index in [0.717, 1.165) is 0 Å². The number of ether oxygens (including phenoxy) is 2. The molecule has 0 aromatic carbocycles. The molecule has 0 bridgehead atoms. The lowest BCUT2D eigenvalue weighted by molar-refractivity contribution is -0.152. The molecule has 0 fully saturated rings. The predicted molar refractivity (Wildman–Crippen MR) is 57.8 cm³/mol. The summed E-state index contributed by atoms with van der Waals surface area (Å²) in [6.07, 6.45) is 1.94. The first-order valence-electron chi connectivity index (χ1n) is 4.71. The Balaban J connectivity index is 2.51. The Kier molecular flexibility index (Phi) is 5.01. The number of hydrogen-bond acceptors (Lipinski definition) is 4. The number of nitrogens with zero attached hydrogens (tertiary/aromatic N) is 1. The molecule has 0 radical (unpaired) electrons. The van der Waals surface area contributed by atoms with Crippen LogP contribution in [0.1, 0.15) is 6.92 Å². The van der Waals surface area contributed by atoms with Gasteiger partial charge in [-0.05, 0) is 6.92 Å². The molecule has 1 unspecified atom stereocenters. The molecule has 1 heterocycles. The second kappa shape index (κ2) is 6.30. The number of pyridine rings is 1. The minimum Gasteiger partial charge on any atom is -0.489 e. The average Bonchev–Trinajstić information content (AvgIpc) is 2.24. The van der Waals surface area contributed by atoms with Gasteiger partial charge in [-0.15, -0.1) is 0 Å². The van der Waals surface area contributed by atoms with Gasteiger partial charge in [0.2, 0.25) is 0 Å². The number of halogens is 1. The molecule has 0 amide bonds. The lowest BCUT2D eigenvalue weighted by atomic mass is 10.4. The molecule has 0 aliphatic rings. The Morgan fingerprint density at radius 1 is 1.62 bits per heavy atom. The third-order valence-corrected chi connectivity index (χ3v) is 1.93. The van der Waals surface area contributed by atoms with E-state index >= 15 is 0 Å². The molecule has 0 aliphatic carbocycles. The van der Waals surface area contributed by atoms with Crippen molar-refractivity contribution in [3.05, 3.63) is 23.5 Å². The number of rotatable bonds is 6. The summed E-state index contributed by atoms with van der Waals surface area (Å²) in [5, 5.41) is 9.22. The number of carboxylic acids is 1. The van der Waals surface area contributed by atoms with Gasteiger partial charge in [0.05, 0.1) is 11.2 Å². The summed E-state index contributed by atoms with van der Waals surface area (Å²) in [5.74, 6) is -0.643. The Labute approximate surface area is 98.0 Å². The van der Waals surface area contributed by atoms with Crippen LogP contribution in [0.2, 0.25) is 5.02 Å². The SMILES string of the molecule is CCOC(COc1cncc(Cl)c1)C(=O)O. The quantitative estimate of drug-likeness (QED) is 0.825. The number of carboxylic acid groups (broad SMARTS) is 1. The standard InChI is InChI=1S/C10H12ClNO4/c1-2-15-9(10(13)14)6-16-8-3-7(11)4-12-5-8/h3-5,9H,2,6H2,1H3,(H,13,14). The molecular formula is C10H12ClNO4. The van der Waals surface area contributed by atoms with Gasteiger partial charge in [-0.2, -0.15) is 0 Å². The Bertz CT molecular complexity index is 358. The lowest BCUT2D eigenvalue weighted by Gasteiger charge is -2.13. The molecule has 1 aromatic heterocycles. The topological polar surface area (TPSA) is 68.7 Å². The van der Waals surface area contributed by atoms with Gasteiger partial charge in [0.15, 0.2) is 6.10 Å². The van der Waals surface area contributed by atoms with Gasteiger partial charge in [0.1, 0.15) is 12.4 Å². The van der Waals surface area contributed by atoms with Crippen LogP contribution >= 0.6 is 11.6 Å². The number of aliphatic carboxylic acids is 1. The molecule has 0 saturated heterocycles. The fourth-order valence-corrected chi connectivity index (χ4v) is 1.20. The second-order valence-corrected chi connectivity index (χ2v) is 3.37. The van der Waals surface area contributed by atoms with Gasteiger partial charge in [0, 0.05) is 18.9 Å². The van der Waals surface area contributed by atoms with E-state index in [2.05, 4.69) is 4.98 Å². The zero-order valence-corrected chi connectivity index (χ0v) is 9.48. The van der Waals surface area contributed by atoms with E-state index in [1.165, 1.54) is 12.4 Å². The molecule has 6 heteroatoms. The molecule has 5 nitrogen and oxygen atoms in total. The van der Waals surface area contributed by atoms with Crippen molar-refractivity contribution < 1.29 is 19.4 Å². The number of hydrogen-bond donors (Lipinski definition) is 1. The molecular weight excluding hydrogens is 234 g/mol. The molecule has 1 N–H and O–H groups in total. The summed E-state index contributed by atoms with van der Waals surface area (Å²) in [7, 11) is 0. The van der Waals surface area contributed by atoms with E-state index in [1.54, 1.807) is 13.0 Å². The van der Waals surface area contributed by atoms with Crippen molar-refractivity contribution >= 4 is 17.6 Å². The van der Waals surface area contributed by atoms with E-state index < -0.39 is 12.1 Å². The first-order chi connectivity index (χ1) is 7.63. The smallest absolute Gasteiger partial charge is 0.336 e. The fourth-order valence-electron chi connectivity index (χ4n) is 1.04. The van der Waals surface area contributed by atoms with E-state index in [9.17, 15) is 4.79 Å². The Hall–Kier alpha value is -1.33. The molecule has 0 spiro atoms. The summed E-state index contributed by atoms with van der Waals surface area (Å²) >= 11 is 5.69. The molecule has 1 aromatic rings. The molecule has 0 saturated carbocycles. The molecule has 88 valence electrons. The van der Waals surface area contributed by atoms with E-state index in [-0.39, 0.29) is 6.61 Å². The first kappa shape index (κ1) is 12.7. The van der Waals surface area contributed by atoms with Crippen LogP contribution < -0.4 is 4.74 Å². The third kappa shape index (κ3) is 4.04. The van der Waals surface area contributed by atoms with Crippen molar-refractivity contribution in [3.63, 3.8) is 0 Å². The lowest BCUT2D eigenvalue weighted by Crippen LogP contribution is -2.30. The maximum atomic E-state index is 10.7. The van der Waals surface area contributed by atoms with E-state index in [1.807, 2.05) is 0 Å². The first-order valence-corrected chi connectivity index (χ1v) is 5.09. The molecule has 16 heavy (non-hydrogen) atoms. The third-order valence-electron chi connectivity index (χ3n) is 1.72. The maximum Gasteiger partial charge on any atom is 0.336 e. The summed E-state index contributed by atoms with van der Waals surface area (Å²) in [4.78, 5) is 14.5. The van der Waals surface area contributed by atoms with Crippen LogP contribution in [0.4, 0.5) is 0 Å². The predicted octanol–water partition coefficient (Wildman–Crippen LogP) is 1.60. The summed E-state index contributed by atoms with van der Waals surface area (Å²) in [5.41, 5.74) is 0. The number of carbonyl (C=O) groups is 1. The second-order valence-electron chi connectivity index (χ2n) is 2.93. The van der Waals surface area contributed by atoms with Gasteiger partial charge in [-0.3, -0.25) is 4.98 Å². The fraction of sp³-hybridized carbons (Fsp3) is 0.400. The highest BCUT2D eigenvalue weighted by molar-refractivity contribution is 6.30. The monoisotopic (exact) mass is 245 g/mol. The highest BCUT2D eigenvalue weighted by Gasteiger charge is 2.18. The minimum atomic E-state index is -1.06. The zero-order chi connectivity index (χ0) is 12.0. The van der Waals surface area contributed by atoms with E-state index in [4.69, 9.17) is 26.2 Å². The van der Waals surface area contributed by atoms with Crippen LogP contribution in [0.5, 0.6) is 5.75 Å². The van der Waals surface area contributed by atoms with Crippen LogP contribution in [0.25, 0.3) is 0 Å². The Morgan fingerprint density at radius 3 is 2.94 bits per heavy atom. The van der Waals surface area contributed by atoms with Crippen molar-refractivity contribution in [2.45, 2.75) is 13.0 Å². The van der Waals surface area contributed by atoms with Crippen LogP contribution in [-0.4, -0.2) is 35.4 Å². The van der Waals surface area contributed by atoms with Crippen LogP contribution in [0.3, 0.4) is 0 Å². The Morgan fingerprint density at radius 2 is 2.38 bits per heavy atom. The highest BCUT2D eigenvalue weighted by atomic mass is 35.5. The van der Waals surface area contributed by atoms with E-state index in [0.29, 0.717) is 17.4 Å². The van der Waals surface area contributed by atoms with Crippen LogP contribution in [0.15, 0.2) is 18.5 Å². The van der Waals surface area contributed by atoms with Crippen molar-refractivity contribution in [2.75, 3.05) is 13.2 Å². The van der Waals surface area contributed by atoms with Crippen molar-refractivity contribution in [1.29, 1.82) is 0 Å².